The molecule has 4 aromatic rings. The fraction of sp³-hybridized carbons (Fsp3) is 0.227. The van der Waals surface area contributed by atoms with Gasteiger partial charge in [-0.05, 0) is 25.1 Å². The number of para-hydroxylation sites is 1. The van der Waals surface area contributed by atoms with Gasteiger partial charge >= 0.3 is 0 Å². The fourth-order valence-electron chi connectivity index (χ4n) is 3.20. The summed E-state index contributed by atoms with van der Waals surface area (Å²) in [5.74, 6) is 0.449. The normalized spacial score (nSPS) is 12.8. The molecule has 2 aromatic heterocycles. The summed E-state index contributed by atoms with van der Waals surface area (Å²) in [6.07, 6.45) is 2.92. The minimum atomic E-state index is -0.671. The van der Waals surface area contributed by atoms with Crippen LogP contribution in [0.15, 0.2) is 76.3 Å². The minimum absolute atomic E-state index is 0.00639. The van der Waals surface area contributed by atoms with Crippen molar-refractivity contribution in [3.63, 3.8) is 0 Å². The van der Waals surface area contributed by atoms with E-state index < -0.39 is 6.10 Å². The van der Waals surface area contributed by atoms with Gasteiger partial charge in [-0.25, -0.2) is 4.98 Å². The topological polar surface area (TPSA) is 87.9 Å². The molecule has 2 heterocycles. The molecule has 0 saturated carbocycles. The Bertz CT molecular complexity index is 1180. The lowest BCUT2D eigenvalue weighted by molar-refractivity contribution is 0.175. The first kappa shape index (κ1) is 20.2. The number of hydrogen-bond acceptors (Lipinski definition) is 6. The van der Waals surface area contributed by atoms with Crippen molar-refractivity contribution >= 4 is 34.0 Å². The van der Waals surface area contributed by atoms with E-state index in [1.54, 1.807) is 10.8 Å². The summed E-state index contributed by atoms with van der Waals surface area (Å²) in [6, 6.07) is 15.3. The number of rotatable bonds is 7. The standard InChI is InChI=1S/C22H23N5O2S/c1-15-7-9-16(10-8-15)24-25-20-18-5-3-4-6-19(18)27(21(20)29)13-17(28)14-30-22-23-11-12-26(22)2/h3-12,17,28-29H,13-14H2,1-2H3. The zero-order chi connectivity index (χ0) is 21.1. The fourth-order valence-corrected chi connectivity index (χ4v) is 4.05. The Kier molecular flexibility index (Phi) is 5.87. The number of benzene rings is 2. The number of aromatic hydroxyl groups is 1. The lowest BCUT2D eigenvalue weighted by Crippen LogP contribution is -2.18. The number of aromatic nitrogens is 3. The van der Waals surface area contributed by atoms with Crippen LogP contribution in [0.2, 0.25) is 0 Å². The monoisotopic (exact) mass is 421 g/mol. The van der Waals surface area contributed by atoms with Gasteiger partial charge < -0.3 is 19.3 Å². The summed E-state index contributed by atoms with van der Waals surface area (Å²) in [5.41, 5.74) is 3.05. The molecule has 4 rings (SSSR count). The predicted octanol–water partition coefficient (Wildman–Crippen LogP) is 4.96. The van der Waals surface area contributed by atoms with Gasteiger partial charge in [0.25, 0.3) is 0 Å². The van der Waals surface area contributed by atoms with Gasteiger partial charge in [-0.3, -0.25) is 0 Å². The number of aliphatic hydroxyl groups is 1. The highest BCUT2D eigenvalue weighted by atomic mass is 32.2. The zero-order valence-corrected chi connectivity index (χ0v) is 17.6. The van der Waals surface area contributed by atoms with E-state index in [-0.39, 0.29) is 12.4 Å². The molecule has 30 heavy (non-hydrogen) atoms. The van der Waals surface area contributed by atoms with Gasteiger partial charge in [0.15, 0.2) is 10.8 Å². The van der Waals surface area contributed by atoms with Crippen LogP contribution in [0.25, 0.3) is 10.9 Å². The number of imidazole rings is 1. The highest BCUT2D eigenvalue weighted by molar-refractivity contribution is 7.99. The minimum Gasteiger partial charge on any atom is -0.493 e. The smallest absolute Gasteiger partial charge is 0.220 e. The molecule has 0 saturated heterocycles. The maximum atomic E-state index is 10.9. The Morgan fingerprint density at radius 2 is 1.87 bits per heavy atom. The molecule has 0 aliphatic rings. The van der Waals surface area contributed by atoms with Crippen molar-refractivity contribution in [2.24, 2.45) is 17.3 Å². The molecule has 0 radical (unpaired) electrons. The van der Waals surface area contributed by atoms with Gasteiger partial charge in [0.2, 0.25) is 5.88 Å². The Morgan fingerprint density at radius 3 is 2.60 bits per heavy atom. The Labute approximate surface area is 178 Å². The molecule has 1 unspecified atom stereocenters. The van der Waals surface area contributed by atoms with E-state index in [2.05, 4.69) is 15.2 Å². The van der Waals surface area contributed by atoms with Crippen LogP contribution in [0, 0.1) is 6.92 Å². The summed E-state index contributed by atoms with van der Waals surface area (Å²) in [5, 5.41) is 31.6. The molecule has 0 bridgehead atoms. The molecule has 2 N–H and O–H groups in total. The molecular weight excluding hydrogens is 398 g/mol. The lowest BCUT2D eigenvalue weighted by Gasteiger charge is -2.13. The van der Waals surface area contributed by atoms with Crippen LogP contribution in [-0.2, 0) is 13.6 Å². The summed E-state index contributed by atoms with van der Waals surface area (Å²) >= 11 is 1.47. The van der Waals surface area contributed by atoms with Crippen LogP contribution in [0.5, 0.6) is 5.88 Å². The van der Waals surface area contributed by atoms with Gasteiger partial charge in [-0.1, -0.05) is 47.7 Å². The van der Waals surface area contributed by atoms with E-state index in [0.29, 0.717) is 17.1 Å². The first-order valence-electron chi connectivity index (χ1n) is 9.59. The largest absolute Gasteiger partial charge is 0.493 e. The Balaban J connectivity index is 1.58. The number of nitrogens with zero attached hydrogens (tertiary/aromatic N) is 5. The van der Waals surface area contributed by atoms with Crippen molar-refractivity contribution in [3.05, 3.63) is 66.5 Å². The first-order chi connectivity index (χ1) is 14.5. The predicted molar refractivity (Wildman–Crippen MR) is 119 cm³/mol. The third-order valence-electron chi connectivity index (χ3n) is 4.79. The number of azo groups is 1. The van der Waals surface area contributed by atoms with Crippen molar-refractivity contribution in [1.82, 2.24) is 14.1 Å². The maximum Gasteiger partial charge on any atom is 0.220 e. The molecule has 154 valence electrons. The van der Waals surface area contributed by atoms with Gasteiger partial charge in [0, 0.05) is 30.6 Å². The van der Waals surface area contributed by atoms with Gasteiger partial charge in [-0.2, -0.15) is 5.11 Å². The Morgan fingerprint density at radius 1 is 1.10 bits per heavy atom. The highest BCUT2D eigenvalue weighted by Crippen LogP contribution is 2.39. The number of fused-ring (bicyclic) bond motifs is 1. The van der Waals surface area contributed by atoms with Gasteiger partial charge in [-0.15, -0.1) is 5.11 Å². The van der Waals surface area contributed by atoms with E-state index in [4.69, 9.17) is 0 Å². The average molecular weight is 422 g/mol. The van der Waals surface area contributed by atoms with Crippen molar-refractivity contribution in [2.75, 3.05) is 5.75 Å². The maximum absolute atomic E-state index is 10.9. The quantitative estimate of drug-likeness (QED) is 0.326. The summed E-state index contributed by atoms with van der Waals surface area (Å²) < 4.78 is 3.59. The number of aryl methyl sites for hydroxylation is 2. The number of aliphatic hydroxyl groups excluding tert-OH is 1. The van der Waals surface area contributed by atoms with Crippen LogP contribution in [0.4, 0.5) is 11.4 Å². The molecule has 8 heteroatoms. The van der Waals surface area contributed by atoms with Crippen LogP contribution in [0.3, 0.4) is 0 Å². The van der Waals surface area contributed by atoms with E-state index in [9.17, 15) is 10.2 Å². The highest BCUT2D eigenvalue weighted by Gasteiger charge is 2.19. The van der Waals surface area contributed by atoms with Crippen LogP contribution in [0.1, 0.15) is 5.56 Å². The summed E-state index contributed by atoms with van der Waals surface area (Å²) in [6.45, 7) is 2.25. The van der Waals surface area contributed by atoms with Crippen LogP contribution in [-0.4, -0.2) is 36.2 Å². The molecule has 7 nitrogen and oxygen atoms in total. The Hall–Kier alpha value is -3.10. The molecule has 0 fully saturated rings. The van der Waals surface area contributed by atoms with E-state index in [1.165, 1.54) is 11.8 Å². The molecule has 0 aliphatic carbocycles. The number of hydrogen-bond donors (Lipinski definition) is 2. The molecule has 0 aliphatic heterocycles. The second-order valence-corrected chi connectivity index (χ2v) is 8.11. The second-order valence-electron chi connectivity index (χ2n) is 7.12. The van der Waals surface area contributed by atoms with Gasteiger partial charge in [0.05, 0.1) is 23.9 Å². The van der Waals surface area contributed by atoms with Gasteiger partial charge in [0.1, 0.15) is 0 Å². The van der Waals surface area contributed by atoms with Crippen LogP contribution < -0.4 is 0 Å². The van der Waals surface area contributed by atoms with E-state index in [0.717, 1.165) is 21.6 Å². The molecule has 0 amide bonds. The first-order valence-corrected chi connectivity index (χ1v) is 10.6. The lowest BCUT2D eigenvalue weighted by atomic mass is 10.2. The van der Waals surface area contributed by atoms with E-state index in [1.807, 2.05) is 73.3 Å². The molecule has 0 spiro atoms. The van der Waals surface area contributed by atoms with Crippen molar-refractivity contribution in [3.8, 4) is 5.88 Å². The van der Waals surface area contributed by atoms with Crippen molar-refractivity contribution in [2.45, 2.75) is 24.7 Å². The second kappa shape index (κ2) is 8.73. The van der Waals surface area contributed by atoms with Crippen molar-refractivity contribution in [1.29, 1.82) is 0 Å². The zero-order valence-electron chi connectivity index (χ0n) is 16.8. The molecular formula is C22H23N5O2S. The number of thioether (sulfide) groups is 1. The van der Waals surface area contributed by atoms with Crippen LogP contribution >= 0.6 is 11.8 Å². The molecule has 1 atom stereocenters. The van der Waals surface area contributed by atoms with E-state index >= 15 is 0 Å². The SMILES string of the molecule is Cc1ccc(N=Nc2c(O)n(CC(O)CSc3nccn3C)c3ccccc23)cc1. The van der Waals surface area contributed by atoms with Crippen molar-refractivity contribution < 1.29 is 10.2 Å². The average Bonchev–Trinajstić information content (AvgIpc) is 3.27. The third-order valence-corrected chi connectivity index (χ3v) is 6.00. The molecule has 2 aromatic carbocycles. The third kappa shape index (κ3) is 4.24. The summed E-state index contributed by atoms with van der Waals surface area (Å²) in [7, 11) is 1.92. The summed E-state index contributed by atoms with van der Waals surface area (Å²) in [4.78, 5) is 4.26.